The molecule has 6 nitrogen and oxygen atoms in total. The van der Waals surface area contributed by atoms with Crippen LogP contribution in [0.4, 0.5) is 10.5 Å². The molecule has 1 fully saturated rings. The maximum Gasteiger partial charge on any atom is 0.339 e. The first-order valence-electron chi connectivity index (χ1n) is 8.89. The quantitative estimate of drug-likeness (QED) is 0.785. The van der Waals surface area contributed by atoms with Gasteiger partial charge in [0.25, 0.3) is 0 Å². The number of urea groups is 1. The smallest absolute Gasteiger partial charge is 0.339 e. The maximum absolute atomic E-state index is 12.7. The van der Waals surface area contributed by atoms with E-state index in [9.17, 15) is 9.59 Å². The minimum atomic E-state index is -0.509. The summed E-state index contributed by atoms with van der Waals surface area (Å²) in [4.78, 5) is 26.4. The molecule has 2 aromatic rings. The fourth-order valence-electron chi connectivity index (χ4n) is 3.01. The summed E-state index contributed by atoms with van der Waals surface area (Å²) < 4.78 is 4.99. The third kappa shape index (κ3) is 4.78. The van der Waals surface area contributed by atoms with Gasteiger partial charge in [0.1, 0.15) is 0 Å². The van der Waals surface area contributed by atoms with Crippen molar-refractivity contribution < 1.29 is 14.3 Å². The summed E-state index contributed by atoms with van der Waals surface area (Å²) in [7, 11) is 0. The van der Waals surface area contributed by atoms with E-state index in [-0.39, 0.29) is 29.3 Å². The van der Waals surface area contributed by atoms with Crippen LogP contribution in [0, 0.1) is 0 Å². The van der Waals surface area contributed by atoms with Crippen molar-refractivity contribution in [1.82, 2.24) is 10.2 Å². The van der Waals surface area contributed by atoms with Gasteiger partial charge in [-0.2, -0.15) is 0 Å². The lowest BCUT2D eigenvalue weighted by Crippen LogP contribution is -2.49. The van der Waals surface area contributed by atoms with Crippen LogP contribution in [-0.4, -0.2) is 43.1 Å². The van der Waals surface area contributed by atoms with Crippen molar-refractivity contribution in [2.45, 2.75) is 13.0 Å². The third-order valence-corrected chi connectivity index (χ3v) is 4.71. The standard InChI is InChI=1S/C20H22ClN3O3/c1-2-27-19(25)16-12-15(8-9-17(16)21)23-20(26)24-11-10-22-18(13-24)14-6-4-3-5-7-14/h3-9,12,18,22H,2,10-11,13H2,1H3,(H,23,26). The Balaban J connectivity index is 1.68. The summed E-state index contributed by atoms with van der Waals surface area (Å²) in [5, 5.41) is 6.56. The van der Waals surface area contributed by atoms with E-state index in [1.807, 2.05) is 30.3 Å². The SMILES string of the molecule is CCOC(=O)c1cc(NC(=O)N2CCNC(c3ccccc3)C2)ccc1Cl. The van der Waals surface area contributed by atoms with E-state index in [0.29, 0.717) is 25.3 Å². The zero-order valence-corrected chi connectivity index (χ0v) is 15.8. The number of halogens is 1. The second-order valence-electron chi connectivity index (χ2n) is 6.21. The molecule has 0 bridgehead atoms. The molecule has 3 rings (SSSR count). The monoisotopic (exact) mass is 387 g/mol. The van der Waals surface area contributed by atoms with Crippen molar-refractivity contribution in [3.63, 3.8) is 0 Å². The van der Waals surface area contributed by atoms with E-state index in [2.05, 4.69) is 10.6 Å². The molecule has 1 saturated heterocycles. The Morgan fingerprint density at radius 3 is 2.78 bits per heavy atom. The highest BCUT2D eigenvalue weighted by molar-refractivity contribution is 6.33. The molecule has 1 aliphatic heterocycles. The minimum absolute atomic E-state index is 0.0889. The lowest BCUT2D eigenvalue weighted by Gasteiger charge is -2.34. The predicted octanol–water partition coefficient (Wildman–Crippen LogP) is 3.70. The van der Waals surface area contributed by atoms with Crippen LogP contribution < -0.4 is 10.6 Å². The van der Waals surface area contributed by atoms with Crippen molar-refractivity contribution in [1.29, 1.82) is 0 Å². The van der Waals surface area contributed by atoms with Crippen LogP contribution in [-0.2, 0) is 4.74 Å². The van der Waals surface area contributed by atoms with Crippen LogP contribution in [0.5, 0.6) is 0 Å². The average Bonchev–Trinajstić information content (AvgIpc) is 2.70. The van der Waals surface area contributed by atoms with Gasteiger partial charge < -0.3 is 20.3 Å². The molecule has 1 aliphatic rings. The van der Waals surface area contributed by atoms with Gasteiger partial charge in [0.2, 0.25) is 0 Å². The van der Waals surface area contributed by atoms with Crippen molar-refractivity contribution in [2.24, 2.45) is 0 Å². The second-order valence-corrected chi connectivity index (χ2v) is 6.62. The first-order chi connectivity index (χ1) is 13.1. The van der Waals surface area contributed by atoms with E-state index < -0.39 is 5.97 Å². The summed E-state index contributed by atoms with van der Waals surface area (Å²) in [5.41, 5.74) is 1.88. The lowest BCUT2D eigenvalue weighted by molar-refractivity contribution is 0.0526. The molecule has 27 heavy (non-hydrogen) atoms. The molecule has 142 valence electrons. The zero-order valence-electron chi connectivity index (χ0n) is 15.1. The Labute approximate surface area is 163 Å². The van der Waals surface area contributed by atoms with E-state index >= 15 is 0 Å². The van der Waals surface area contributed by atoms with Gasteiger partial charge in [-0.05, 0) is 30.7 Å². The Hall–Kier alpha value is -2.57. The Morgan fingerprint density at radius 2 is 2.04 bits per heavy atom. The van der Waals surface area contributed by atoms with Crippen molar-refractivity contribution in [3.05, 3.63) is 64.7 Å². The van der Waals surface area contributed by atoms with Gasteiger partial charge in [0.05, 0.1) is 23.2 Å². The molecule has 0 radical (unpaired) electrons. The summed E-state index contributed by atoms with van der Waals surface area (Å²) in [6.07, 6.45) is 0. The molecule has 0 spiro atoms. The van der Waals surface area contributed by atoms with E-state index in [1.165, 1.54) is 6.07 Å². The number of nitrogens with one attached hydrogen (secondary N) is 2. The lowest BCUT2D eigenvalue weighted by atomic mass is 10.0. The largest absolute Gasteiger partial charge is 0.462 e. The zero-order chi connectivity index (χ0) is 19.2. The van der Waals surface area contributed by atoms with Crippen molar-refractivity contribution in [3.8, 4) is 0 Å². The number of rotatable bonds is 4. The third-order valence-electron chi connectivity index (χ3n) is 4.38. The Kier molecular flexibility index (Phi) is 6.32. The van der Waals surface area contributed by atoms with E-state index in [0.717, 1.165) is 5.56 Å². The maximum atomic E-state index is 12.7. The minimum Gasteiger partial charge on any atom is -0.462 e. The van der Waals surface area contributed by atoms with Crippen LogP contribution in [0.15, 0.2) is 48.5 Å². The van der Waals surface area contributed by atoms with Gasteiger partial charge in [-0.15, -0.1) is 0 Å². The number of esters is 1. The van der Waals surface area contributed by atoms with Crippen LogP contribution in [0.2, 0.25) is 5.02 Å². The molecule has 7 heteroatoms. The molecule has 2 N–H and O–H groups in total. The summed E-state index contributed by atoms with van der Waals surface area (Å²) >= 11 is 6.07. The number of piperazine rings is 1. The fraction of sp³-hybridized carbons (Fsp3) is 0.300. The van der Waals surface area contributed by atoms with Crippen LogP contribution >= 0.6 is 11.6 Å². The number of nitrogens with zero attached hydrogens (tertiary/aromatic N) is 1. The molecular formula is C20H22ClN3O3. The Morgan fingerprint density at radius 1 is 1.26 bits per heavy atom. The molecule has 0 aromatic heterocycles. The molecule has 1 heterocycles. The molecule has 2 amide bonds. The highest BCUT2D eigenvalue weighted by Gasteiger charge is 2.24. The number of hydrogen-bond donors (Lipinski definition) is 2. The molecular weight excluding hydrogens is 366 g/mol. The van der Waals surface area contributed by atoms with E-state index in [1.54, 1.807) is 24.0 Å². The number of anilines is 1. The number of carbonyl (C=O) groups is 2. The topological polar surface area (TPSA) is 70.7 Å². The van der Waals surface area contributed by atoms with Gasteiger partial charge in [0, 0.05) is 25.3 Å². The highest BCUT2D eigenvalue weighted by Crippen LogP contribution is 2.23. The number of benzene rings is 2. The number of amides is 2. The van der Waals surface area contributed by atoms with Gasteiger partial charge in [-0.25, -0.2) is 9.59 Å². The first kappa shape index (κ1) is 19.2. The second kappa shape index (κ2) is 8.88. The predicted molar refractivity (Wildman–Crippen MR) is 105 cm³/mol. The molecule has 2 aromatic carbocycles. The summed E-state index contributed by atoms with van der Waals surface area (Å²) in [5.74, 6) is -0.509. The molecule has 1 unspecified atom stereocenters. The normalized spacial score (nSPS) is 16.7. The van der Waals surface area contributed by atoms with Gasteiger partial charge in [0.15, 0.2) is 0 Å². The first-order valence-corrected chi connectivity index (χ1v) is 9.27. The van der Waals surface area contributed by atoms with Crippen molar-refractivity contribution >= 4 is 29.3 Å². The van der Waals surface area contributed by atoms with Crippen LogP contribution in [0.3, 0.4) is 0 Å². The van der Waals surface area contributed by atoms with Crippen LogP contribution in [0.1, 0.15) is 28.9 Å². The Bertz CT molecular complexity index is 813. The van der Waals surface area contributed by atoms with E-state index in [4.69, 9.17) is 16.3 Å². The molecule has 1 atom stereocenters. The van der Waals surface area contributed by atoms with Crippen molar-refractivity contribution in [2.75, 3.05) is 31.6 Å². The number of carbonyl (C=O) groups excluding carboxylic acids is 2. The van der Waals surface area contributed by atoms with Gasteiger partial charge in [-0.1, -0.05) is 41.9 Å². The van der Waals surface area contributed by atoms with Gasteiger partial charge in [-0.3, -0.25) is 0 Å². The summed E-state index contributed by atoms with van der Waals surface area (Å²) in [6.45, 7) is 3.86. The molecule has 0 aliphatic carbocycles. The fourth-order valence-corrected chi connectivity index (χ4v) is 3.21. The average molecular weight is 388 g/mol. The number of hydrogen-bond acceptors (Lipinski definition) is 4. The number of ether oxygens (including phenoxy) is 1. The van der Waals surface area contributed by atoms with Gasteiger partial charge >= 0.3 is 12.0 Å². The van der Waals surface area contributed by atoms with Crippen LogP contribution in [0.25, 0.3) is 0 Å². The molecule has 0 saturated carbocycles. The summed E-state index contributed by atoms with van der Waals surface area (Å²) in [6, 6.07) is 14.7. The highest BCUT2D eigenvalue weighted by atomic mass is 35.5.